The average molecular weight is 350 g/mol. The second-order valence-electron chi connectivity index (χ2n) is 5.50. The zero-order valence-corrected chi connectivity index (χ0v) is 13.8. The number of rotatable bonds is 7. The molecule has 1 aromatic heterocycles. The van der Waals surface area contributed by atoms with Crippen LogP contribution in [0.4, 0.5) is 0 Å². The van der Waals surface area contributed by atoms with E-state index in [0.29, 0.717) is 12.6 Å². The van der Waals surface area contributed by atoms with Gasteiger partial charge in [-0.05, 0) is 40.4 Å². The van der Waals surface area contributed by atoms with Crippen molar-refractivity contribution in [2.45, 2.75) is 31.8 Å². The minimum atomic E-state index is 0.657. The van der Waals surface area contributed by atoms with Crippen molar-refractivity contribution < 1.29 is 4.74 Å². The molecule has 1 aromatic carbocycles. The summed E-state index contributed by atoms with van der Waals surface area (Å²) >= 11 is 3.59. The molecule has 0 bridgehead atoms. The molecule has 0 radical (unpaired) electrons. The summed E-state index contributed by atoms with van der Waals surface area (Å²) in [5.41, 5.74) is 2.41. The quantitative estimate of drug-likeness (QED) is 0.834. The van der Waals surface area contributed by atoms with E-state index in [1.165, 1.54) is 24.0 Å². The van der Waals surface area contributed by atoms with Crippen LogP contribution < -0.4 is 10.1 Å². The molecule has 1 heterocycles. The zero-order valence-electron chi connectivity index (χ0n) is 12.2. The number of aromatic nitrogens is 2. The first kappa shape index (κ1) is 14.6. The summed E-state index contributed by atoms with van der Waals surface area (Å²) in [6.45, 7) is 1.52. The molecule has 1 saturated carbocycles. The smallest absolute Gasteiger partial charge is 0.137 e. The van der Waals surface area contributed by atoms with Crippen LogP contribution in [-0.2, 0) is 20.0 Å². The van der Waals surface area contributed by atoms with E-state index < -0.39 is 0 Å². The summed E-state index contributed by atoms with van der Waals surface area (Å²) in [6, 6.07) is 6.91. The summed E-state index contributed by atoms with van der Waals surface area (Å²) in [5, 5.41) is 7.71. The lowest BCUT2D eigenvalue weighted by Crippen LogP contribution is -2.16. The van der Waals surface area contributed by atoms with Gasteiger partial charge in [0.15, 0.2) is 0 Å². The van der Waals surface area contributed by atoms with Gasteiger partial charge < -0.3 is 10.1 Å². The van der Waals surface area contributed by atoms with Gasteiger partial charge in [0.1, 0.15) is 5.75 Å². The second kappa shape index (κ2) is 6.62. The average Bonchev–Trinajstić information content (AvgIpc) is 3.21. The number of aryl methyl sites for hydroxylation is 1. The second-order valence-corrected chi connectivity index (χ2v) is 6.36. The van der Waals surface area contributed by atoms with Crippen molar-refractivity contribution in [2.24, 2.45) is 7.05 Å². The lowest BCUT2D eigenvalue weighted by atomic mass is 10.2. The van der Waals surface area contributed by atoms with Gasteiger partial charge in [0.2, 0.25) is 0 Å². The molecule has 1 fully saturated rings. The molecular weight excluding hydrogens is 330 g/mol. The molecule has 0 saturated heterocycles. The van der Waals surface area contributed by atoms with Crippen LogP contribution >= 0.6 is 15.9 Å². The molecule has 1 N–H and O–H groups in total. The Hall–Kier alpha value is -1.33. The zero-order chi connectivity index (χ0) is 14.7. The van der Waals surface area contributed by atoms with Crippen molar-refractivity contribution in [2.75, 3.05) is 6.61 Å². The van der Waals surface area contributed by atoms with Crippen LogP contribution in [0, 0.1) is 0 Å². The molecule has 1 aliphatic rings. The summed E-state index contributed by atoms with van der Waals surface area (Å²) in [7, 11) is 1.93. The Morgan fingerprint density at radius 1 is 1.43 bits per heavy atom. The van der Waals surface area contributed by atoms with Gasteiger partial charge in [0.05, 0.1) is 17.3 Å². The highest BCUT2D eigenvalue weighted by molar-refractivity contribution is 9.10. The van der Waals surface area contributed by atoms with Gasteiger partial charge in [-0.25, -0.2) is 0 Å². The van der Waals surface area contributed by atoms with E-state index in [1.807, 2.05) is 30.2 Å². The fourth-order valence-corrected chi connectivity index (χ4v) is 2.79. The van der Waals surface area contributed by atoms with Crippen molar-refractivity contribution in [3.63, 3.8) is 0 Å². The first-order valence-corrected chi connectivity index (χ1v) is 8.13. The first-order chi connectivity index (χ1) is 10.2. The predicted molar refractivity (Wildman–Crippen MR) is 86.4 cm³/mol. The number of hydrogen-bond donors (Lipinski definition) is 1. The topological polar surface area (TPSA) is 39.1 Å². The van der Waals surface area contributed by atoms with E-state index in [-0.39, 0.29) is 0 Å². The molecule has 4 nitrogen and oxygen atoms in total. The van der Waals surface area contributed by atoms with Crippen LogP contribution in [0.15, 0.2) is 35.1 Å². The summed E-state index contributed by atoms with van der Waals surface area (Å²) < 4.78 is 8.85. The monoisotopic (exact) mass is 349 g/mol. The van der Waals surface area contributed by atoms with Gasteiger partial charge in [-0.1, -0.05) is 12.1 Å². The Balaban J connectivity index is 1.59. The standard InChI is InChI=1S/C16H20BrN3O/c1-20-11-12(9-19-20)7-8-21-16-13(3-2-4-15(16)17)10-18-14-5-6-14/h2-4,9,11,14,18H,5-8,10H2,1H3. The van der Waals surface area contributed by atoms with Crippen LogP contribution in [0.2, 0.25) is 0 Å². The Bertz CT molecular complexity index is 607. The van der Waals surface area contributed by atoms with Crippen molar-refractivity contribution >= 4 is 15.9 Å². The van der Waals surface area contributed by atoms with Crippen molar-refractivity contribution in [1.29, 1.82) is 0 Å². The lowest BCUT2D eigenvalue weighted by Gasteiger charge is -2.13. The van der Waals surface area contributed by atoms with Gasteiger partial charge in [-0.3, -0.25) is 4.68 Å². The third-order valence-electron chi connectivity index (χ3n) is 3.60. The number of hydrogen-bond acceptors (Lipinski definition) is 3. The molecule has 1 aliphatic carbocycles. The SMILES string of the molecule is Cn1cc(CCOc2c(Br)cccc2CNC2CC2)cn1. The highest BCUT2D eigenvalue weighted by Gasteiger charge is 2.21. The number of benzene rings is 1. The fraction of sp³-hybridized carbons (Fsp3) is 0.438. The summed E-state index contributed by atoms with van der Waals surface area (Å²) in [6.07, 6.45) is 7.37. The number of nitrogens with one attached hydrogen (secondary N) is 1. The maximum Gasteiger partial charge on any atom is 0.137 e. The lowest BCUT2D eigenvalue weighted by molar-refractivity contribution is 0.315. The third kappa shape index (κ3) is 4.08. The van der Waals surface area contributed by atoms with E-state index in [0.717, 1.165) is 23.2 Å². The molecule has 21 heavy (non-hydrogen) atoms. The molecule has 2 aromatic rings. The Labute approximate surface area is 133 Å². The molecule has 0 unspecified atom stereocenters. The van der Waals surface area contributed by atoms with Gasteiger partial charge in [0.25, 0.3) is 0 Å². The van der Waals surface area contributed by atoms with Crippen molar-refractivity contribution in [3.8, 4) is 5.75 Å². The van der Waals surface area contributed by atoms with Crippen LogP contribution in [0.5, 0.6) is 5.75 Å². The number of halogens is 1. The van der Waals surface area contributed by atoms with E-state index >= 15 is 0 Å². The van der Waals surface area contributed by atoms with E-state index in [9.17, 15) is 0 Å². The first-order valence-electron chi connectivity index (χ1n) is 7.33. The molecule has 0 spiro atoms. The Morgan fingerprint density at radius 2 is 2.29 bits per heavy atom. The Morgan fingerprint density at radius 3 is 3.00 bits per heavy atom. The highest BCUT2D eigenvalue weighted by Crippen LogP contribution is 2.30. The molecule has 0 aliphatic heterocycles. The summed E-state index contributed by atoms with van der Waals surface area (Å²) in [5.74, 6) is 0.953. The number of ether oxygens (including phenoxy) is 1. The third-order valence-corrected chi connectivity index (χ3v) is 4.23. The van der Waals surface area contributed by atoms with Crippen LogP contribution in [0.25, 0.3) is 0 Å². The van der Waals surface area contributed by atoms with Gasteiger partial charge in [-0.15, -0.1) is 0 Å². The molecule has 112 valence electrons. The van der Waals surface area contributed by atoms with Crippen LogP contribution in [-0.4, -0.2) is 22.4 Å². The summed E-state index contributed by atoms with van der Waals surface area (Å²) in [4.78, 5) is 0. The highest BCUT2D eigenvalue weighted by atomic mass is 79.9. The van der Waals surface area contributed by atoms with Crippen molar-refractivity contribution in [3.05, 3.63) is 46.2 Å². The maximum absolute atomic E-state index is 6.01. The number of para-hydroxylation sites is 1. The molecule has 0 amide bonds. The van der Waals surface area contributed by atoms with E-state index in [2.05, 4.69) is 38.5 Å². The van der Waals surface area contributed by atoms with E-state index in [4.69, 9.17) is 4.74 Å². The maximum atomic E-state index is 6.01. The van der Waals surface area contributed by atoms with Crippen molar-refractivity contribution in [1.82, 2.24) is 15.1 Å². The molecule has 3 rings (SSSR count). The van der Waals surface area contributed by atoms with Crippen LogP contribution in [0.1, 0.15) is 24.0 Å². The number of nitrogens with zero attached hydrogens (tertiary/aromatic N) is 2. The van der Waals surface area contributed by atoms with Gasteiger partial charge in [-0.2, -0.15) is 5.10 Å². The molecule has 0 atom stereocenters. The largest absolute Gasteiger partial charge is 0.492 e. The minimum absolute atomic E-state index is 0.657. The van der Waals surface area contributed by atoms with Crippen LogP contribution in [0.3, 0.4) is 0 Å². The molecular formula is C16H20BrN3O. The Kier molecular flexibility index (Phi) is 4.60. The van der Waals surface area contributed by atoms with E-state index in [1.54, 1.807) is 0 Å². The minimum Gasteiger partial charge on any atom is -0.492 e. The predicted octanol–water partition coefficient (Wildman–Crippen LogP) is 3.06. The van der Waals surface area contributed by atoms with Gasteiger partial charge in [0, 0.05) is 37.8 Å². The van der Waals surface area contributed by atoms with Gasteiger partial charge >= 0.3 is 0 Å². The fourth-order valence-electron chi connectivity index (χ4n) is 2.27. The molecule has 5 heteroatoms. The normalized spacial score (nSPS) is 14.4.